The molecule has 4 rings (SSSR count). The minimum Gasteiger partial charge on any atom is -0.469 e. The largest absolute Gasteiger partial charge is 0.469 e. The Balaban J connectivity index is 1.90. The van der Waals surface area contributed by atoms with Crippen LogP contribution < -0.4 is 0 Å². The van der Waals surface area contributed by atoms with Crippen molar-refractivity contribution in [1.82, 2.24) is 0 Å². The Bertz CT molecular complexity index is 527. The smallest absolute Gasteiger partial charge is 0.110 e. The minimum atomic E-state index is -0.400. The molecule has 1 aromatic rings. The van der Waals surface area contributed by atoms with Crippen molar-refractivity contribution in [3.05, 3.63) is 35.3 Å². The number of aliphatic hydroxyl groups excluding tert-OH is 1. The summed E-state index contributed by atoms with van der Waals surface area (Å²) in [5.41, 5.74) is 3.59. The maximum atomic E-state index is 10.7. The van der Waals surface area contributed by atoms with Gasteiger partial charge in [0.15, 0.2) is 0 Å². The van der Waals surface area contributed by atoms with Crippen molar-refractivity contribution in [3.63, 3.8) is 0 Å². The number of aryl methyl sites for hydroxylation is 1. The van der Waals surface area contributed by atoms with Gasteiger partial charge in [-0.1, -0.05) is 19.1 Å². The number of rotatable bonds is 0. The lowest BCUT2D eigenvalue weighted by molar-refractivity contribution is 0.0272. The summed E-state index contributed by atoms with van der Waals surface area (Å²) in [4.78, 5) is 0. The summed E-state index contributed by atoms with van der Waals surface area (Å²) >= 11 is 0. The fourth-order valence-corrected chi connectivity index (χ4v) is 4.58. The maximum Gasteiger partial charge on any atom is 0.110 e. The van der Waals surface area contributed by atoms with Crippen LogP contribution in [-0.4, -0.2) is 5.11 Å². The van der Waals surface area contributed by atoms with E-state index in [2.05, 4.69) is 13.5 Å². The topological polar surface area (TPSA) is 33.4 Å². The van der Waals surface area contributed by atoms with Gasteiger partial charge in [-0.15, -0.1) is 0 Å². The van der Waals surface area contributed by atoms with E-state index in [1.54, 1.807) is 6.26 Å². The molecule has 5 atom stereocenters. The highest BCUT2D eigenvalue weighted by Gasteiger charge is 2.66. The second-order valence-electron chi connectivity index (χ2n) is 6.38. The van der Waals surface area contributed by atoms with Crippen LogP contribution >= 0.6 is 0 Å². The molecule has 0 aliphatic heterocycles. The molecule has 3 aliphatic carbocycles. The zero-order valence-corrected chi connectivity index (χ0v) is 10.4. The van der Waals surface area contributed by atoms with E-state index in [-0.39, 0.29) is 11.3 Å². The van der Waals surface area contributed by atoms with Crippen LogP contribution in [-0.2, 0) is 6.42 Å². The summed E-state index contributed by atoms with van der Waals surface area (Å²) in [5.74, 6) is 2.65. The first-order valence-electron chi connectivity index (χ1n) is 6.47. The van der Waals surface area contributed by atoms with Gasteiger partial charge in [0.05, 0.1) is 12.4 Å². The Morgan fingerprint density at radius 2 is 2.29 bits per heavy atom. The fraction of sp³-hybridized carbons (Fsp3) is 0.600. The highest BCUT2D eigenvalue weighted by Crippen LogP contribution is 2.72. The van der Waals surface area contributed by atoms with Gasteiger partial charge < -0.3 is 9.52 Å². The molecule has 0 spiro atoms. The number of fused-ring (bicyclic) bond motifs is 4. The van der Waals surface area contributed by atoms with Crippen LogP contribution in [0.3, 0.4) is 0 Å². The average molecular weight is 230 g/mol. The lowest BCUT2D eigenvalue weighted by atomic mass is 9.64. The first-order valence-corrected chi connectivity index (χ1v) is 6.47. The zero-order valence-electron chi connectivity index (χ0n) is 10.4. The third-order valence-corrected chi connectivity index (χ3v) is 5.48. The number of furan rings is 1. The molecule has 2 heteroatoms. The van der Waals surface area contributed by atoms with Gasteiger partial charge in [-0.05, 0) is 36.2 Å². The quantitative estimate of drug-likeness (QED) is 0.695. The summed E-state index contributed by atoms with van der Waals surface area (Å²) in [6.07, 6.45) is 3.62. The van der Waals surface area contributed by atoms with E-state index in [1.807, 2.05) is 6.92 Å². The fourth-order valence-electron chi connectivity index (χ4n) is 4.58. The van der Waals surface area contributed by atoms with Gasteiger partial charge in [-0.2, -0.15) is 0 Å². The monoisotopic (exact) mass is 230 g/mol. The van der Waals surface area contributed by atoms with Crippen molar-refractivity contribution in [1.29, 1.82) is 0 Å². The van der Waals surface area contributed by atoms with Crippen molar-refractivity contribution in [2.24, 2.45) is 23.2 Å². The molecule has 0 radical (unpaired) electrons. The van der Waals surface area contributed by atoms with Crippen LogP contribution in [0.15, 0.2) is 22.8 Å². The Morgan fingerprint density at radius 1 is 1.53 bits per heavy atom. The molecular formula is C15H18O2. The predicted octanol–water partition coefficient (Wildman–Crippen LogP) is 3.01. The van der Waals surface area contributed by atoms with Crippen molar-refractivity contribution < 1.29 is 9.52 Å². The molecule has 3 aliphatic rings. The van der Waals surface area contributed by atoms with E-state index < -0.39 is 6.10 Å². The van der Waals surface area contributed by atoms with Gasteiger partial charge >= 0.3 is 0 Å². The second-order valence-corrected chi connectivity index (χ2v) is 6.38. The first-order chi connectivity index (χ1) is 8.04. The zero-order chi connectivity index (χ0) is 11.9. The molecule has 0 bridgehead atoms. The Morgan fingerprint density at radius 3 is 3.06 bits per heavy atom. The molecule has 1 N–H and O–H groups in total. The third-order valence-electron chi connectivity index (χ3n) is 5.48. The molecule has 2 fully saturated rings. The maximum absolute atomic E-state index is 10.7. The molecule has 17 heavy (non-hydrogen) atoms. The van der Waals surface area contributed by atoms with Crippen LogP contribution in [0.25, 0.3) is 0 Å². The van der Waals surface area contributed by atoms with Gasteiger partial charge in [0.1, 0.15) is 5.76 Å². The van der Waals surface area contributed by atoms with Crippen molar-refractivity contribution in [3.8, 4) is 0 Å². The van der Waals surface area contributed by atoms with E-state index in [0.717, 1.165) is 29.2 Å². The summed E-state index contributed by atoms with van der Waals surface area (Å²) in [7, 11) is 0. The summed E-state index contributed by atoms with van der Waals surface area (Å²) in [5, 5.41) is 10.7. The third kappa shape index (κ3) is 0.971. The van der Waals surface area contributed by atoms with E-state index in [1.165, 1.54) is 12.0 Å². The summed E-state index contributed by atoms with van der Waals surface area (Å²) < 4.78 is 5.64. The van der Waals surface area contributed by atoms with Crippen LogP contribution in [0.5, 0.6) is 0 Å². The molecule has 1 aromatic heterocycles. The SMILES string of the molecule is C=C1C2CC2[C@]2(C)Cc3occ(C)c3[C@H](O)C12. The van der Waals surface area contributed by atoms with Crippen LogP contribution in [0.1, 0.15) is 36.3 Å². The van der Waals surface area contributed by atoms with Gasteiger partial charge in [-0.3, -0.25) is 0 Å². The Kier molecular flexibility index (Phi) is 1.58. The van der Waals surface area contributed by atoms with E-state index in [0.29, 0.717) is 5.92 Å². The molecule has 0 amide bonds. The molecule has 1 heterocycles. The van der Waals surface area contributed by atoms with Crippen LogP contribution in [0.4, 0.5) is 0 Å². The highest BCUT2D eigenvalue weighted by molar-refractivity contribution is 5.42. The molecule has 3 unspecified atom stereocenters. The Labute approximate surface area is 101 Å². The second kappa shape index (κ2) is 2.69. The van der Waals surface area contributed by atoms with E-state index in [4.69, 9.17) is 4.42 Å². The number of hydrogen-bond acceptors (Lipinski definition) is 2. The van der Waals surface area contributed by atoms with E-state index >= 15 is 0 Å². The first kappa shape index (κ1) is 9.95. The van der Waals surface area contributed by atoms with Gasteiger partial charge in [0, 0.05) is 17.9 Å². The number of hydrogen-bond donors (Lipinski definition) is 1. The highest BCUT2D eigenvalue weighted by atomic mass is 16.3. The molecule has 2 saturated carbocycles. The van der Waals surface area contributed by atoms with Crippen LogP contribution in [0, 0.1) is 30.1 Å². The Hall–Kier alpha value is -1.02. The summed E-state index contributed by atoms with van der Waals surface area (Å²) in [6, 6.07) is 0. The molecule has 90 valence electrons. The minimum absolute atomic E-state index is 0.179. The van der Waals surface area contributed by atoms with Crippen molar-refractivity contribution in [2.45, 2.75) is 32.8 Å². The average Bonchev–Trinajstić information content (AvgIpc) is 2.94. The van der Waals surface area contributed by atoms with Gasteiger partial charge in [0.25, 0.3) is 0 Å². The predicted molar refractivity (Wildman–Crippen MR) is 64.4 cm³/mol. The molecule has 2 nitrogen and oxygen atoms in total. The normalized spacial score (nSPS) is 46.4. The van der Waals surface area contributed by atoms with E-state index in [9.17, 15) is 5.11 Å². The van der Waals surface area contributed by atoms with Gasteiger partial charge in [-0.25, -0.2) is 0 Å². The molecular weight excluding hydrogens is 212 g/mol. The van der Waals surface area contributed by atoms with Crippen molar-refractivity contribution >= 4 is 0 Å². The number of aliphatic hydroxyl groups is 1. The molecule has 0 saturated heterocycles. The van der Waals surface area contributed by atoms with Crippen molar-refractivity contribution in [2.75, 3.05) is 0 Å². The molecule has 0 aromatic carbocycles. The van der Waals surface area contributed by atoms with Gasteiger partial charge in [0.2, 0.25) is 0 Å². The lowest BCUT2D eigenvalue weighted by Crippen LogP contribution is -2.37. The standard InChI is InChI=1S/C15H18O2/c1-7-6-17-11-5-15(3)10-4-9(10)8(2)13(15)14(16)12(7)11/h6,9-10,13-14,16H,2,4-5H2,1,3H3/t9?,10?,13?,14-,15-/m0/s1. The lowest BCUT2D eigenvalue weighted by Gasteiger charge is -2.41. The van der Waals surface area contributed by atoms with Crippen LogP contribution in [0.2, 0.25) is 0 Å². The summed E-state index contributed by atoms with van der Waals surface area (Å²) in [6.45, 7) is 8.58.